The van der Waals surface area contributed by atoms with Crippen LogP contribution in [-0.4, -0.2) is 38.6 Å². The molecule has 10 heteroatoms. The standard InChI is InChI=1S/C19H19F3N6O/c20-19(21,22)15-3-4-16-25-26-18(28(16)12-15)27-9-1-2-14(11-27)17(29)24-10-13-5-7-23-8-6-13/h3-8,12,14H,1-2,9-11H2,(H,24,29)/t14-/m1/s1. The summed E-state index contributed by atoms with van der Waals surface area (Å²) in [7, 11) is 0. The molecular formula is C19H19F3N6O. The van der Waals surface area contributed by atoms with Gasteiger partial charge in [0.1, 0.15) is 0 Å². The van der Waals surface area contributed by atoms with Crippen LogP contribution in [0.3, 0.4) is 0 Å². The molecule has 29 heavy (non-hydrogen) atoms. The van der Waals surface area contributed by atoms with Crippen molar-refractivity contribution in [3.63, 3.8) is 0 Å². The molecule has 1 aliphatic rings. The summed E-state index contributed by atoms with van der Waals surface area (Å²) in [5, 5.41) is 10.9. The number of anilines is 1. The number of carbonyl (C=O) groups excluding carboxylic acids is 1. The molecule has 3 aromatic rings. The van der Waals surface area contributed by atoms with Gasteiger partial charge < -0.3 is 10.2 Å². The van der Waals surface area contributed by atoms with Crippen LogP contribution in [0.25, 0.3) is 5.65 Å². The molecule has 0 aromatic carbocycles. The summed E-state index contributed by atoms with van der Waals surface area (Å²) in [6.07, 6.45) is 1.32. The number of rotatable bonds is 4. The van der Waals surface area contributed by atoms with E-state index in [9.17, 15) is 18.0 Å². The van der Waals surface area contributed by atoms with Gasteiger partial charge in [-0.15, -0.1) is 10.2 Å². The highest BCUT2D eigenvalue weighted by molar-refractivity contribution is 5.79. The Morgan fingerprint density at radius 2 is 1.97 bits per heavy atom. The molecule has 0 saturated carbocycles. The predicted molar refractivity (Wildman–Crippen MR) is 99.0 cm³/mol. The maximum Gasteiger partial charge on any atom is 0.417 e. The van der Waals surface area contributed by atoms with E-state index in [4.69, 9.17) is 0 Å². The van der Waals surface area contributed by atoms with Crippen LogP contribution in [0.15, 0.2) is 42.9 Å². The molecule has 0 spiro atoms. The SMILES string of the molecule is O=C(NCc1ccncc1)[C@@H]1CCCN(c2nnc3ccc(C(F)(F)F)cn23)C1. The lowest BCUT2D eigenvalue weighted by Crippen LogP contribution is -2.43. The van der Waals surface area contributed by atoms with Crippen LogP contribution < -0.4 is 10.2 Å². The third-order valence-electron chi connectivity index (χ3n) is 5.00. The second kappa shape index (κ2) is 7.69. The summed E-state index contributed by atoms with van der Waals surface area (Å²) >= 11 is 0. The minimum absolute atomic E-state index is 0.0867. The molecule has 1 saturated heterocycles. The number of piperidine rings is 1. The first-order valence-electron chi connectivity index (χ1n) is 9.25. The fourth-order valence-corrected chi connectivity index (χ4v) is 3.47. The van der Waals surface area contributed by atoms with Gasteiger partial charge >= 0.3 is 6.18 Å². The Hall–Kier alpha value is -3.17. The second-order valence-electron chi connectivity index (χ2n) is 7.00. The summed E-state index contributed by atoms with van der Waals surface area (Å²) in [5.74, 6) is -0.0437. The molecule has 1 aliphatic heterocycles. The summed E-state index contributed by atoms with van der Waals surface area (Å²) in [4.78, 5) is 18.4. The zero-order valence-corrected chi connectivity index (χ0v) is 15.4. The van der Waals surface area contributed by atoms with Crippen LogP contribution in [0.2, 0.25) is 0 Å². The Labute approximate surface area is 164 Å². The van der Waals surface area contributed by atoms with Gasteiger partial charge in [0.2, 0.25) is 11.9 Å². The fourth-order valence-electron chi connectivity index (χ4n) is 3.47. The van der Waals surface area contributed by atoms with E-state index < -0.39 is 11.7 Å². The molecule has 7 nitrogen and oxygen atoms in total. The molecule has 1 N–H and O–H groups in total. The van der Waals surface area contributed by atoms with E-state index in [2.05, 4.69) is 20.5 Å². The van der Waals surface area contributed by atoms with Crippen molar-refractivity contribution in [3.8, 4) is 0 Å². The normalized spacial score (nSPS) is 17.5. The zero-order valence-electron chi connectivity index (χ0n) is 15.4. The highest BCUT2D eigenvalue weighted by atomic mass is 19.4. The minimum atomic E-state index is -4.45. The summed E-state index contributed by atoms with van der Waals surface area (Å²) in [5.41, 5.74) is 0.510. The molecule has 0 unspecified atom stereocenters. The number of hydrogen-bond donors (Lipinski definition) is 1. The summed E-state index contributed by atoms with van der Waals surface area (Å²) in [6, 6.07) is 5.93. The predicted octanol–water partition coefficient (Wildman–Crippen LogP) is 2.68. The number of alkyl halides is 3. The largest absolute Gasteiger partial charge is 0.417 e. The summed E-state index contributed by atoms with van der Waals surface area (Å²) < 4.78 is 40.5. The number of aromatic nitrogens is 4. The molecule has 0 aliphatic carbocycles. The van der Waals surface area contributed by atoms with Crippen LogP contribution in [0.5, 0.6) is 0 Å². The Morgan fingerprint density at radius 1 is 1.17 bits per heavy atom. The smallest absolute Gasteiger partial charge is 0.352 e. The second-order valence-corrected chi connectivity index (χ2v) is 7.00. The molecular weight excluding hydrogens is 385 g/mol. The van der Waals surface area contributed by atoms with Crippen LogP contribution in [0, 0.1) is 5.92 Å². The van der Waals surface area contributed by atoms with E-state index in [0.717, 1.165) is 24.2 Å². The number of nitrogens with zero attached hydrogens (tertiary/aromatic N) is 5. The first-order valence-corrected chi connectivity index (χ1v) is 9.25. The zero-order chi connectivity index (χ0) is 20.4. The first kappa shape index (κ1) is 19.2. The van der Waals surface area contributed by atoms with Crippen molar-refractivity contribution in [3.05, 3.63) is 54.0 Å². The van der Waals surface area contributed by atoms with E-state index in [1.807, 2.05) is 17.0 Å². The van der Waals surface area contributed by atoms with Gasteiger partial charge in [-0.3, -0.25) is 14.2 Å². The first-order chi connectivity index (χ1) is 13.9. The number of fused-ring (bicyclic) bond motifs is 1. The monoisotopic (exact) mass is 404 g/mol. The molecule has 1 atom stereocenters. The highest BCUT2D eigenvalue weighted by Gasteiger charge is 2.32. The molecule has 0 bridgehead atoms. The Kier molecular flexibility index (Phi) is 5.08. The lowest BCUT2D eigenvalue weighted by Gasteiger charge is -2.32. The number of carbonyl (C=O) groups is 1. The number of amides is 1. The van der Waals surface area contributed by atoms with Crippen molar-refractivity contribution in [2.75, 3.05) is 18.0 Å². The molecule has 1 amide bonds. The third-order valence-corrected chi connectivity index (χ3v) is 5.00. The van der Waals surface area contributed by atoms with Crippen LogP contribution in [0.4, 0.5) is 19.1 Å². The van der Waals surface area contributed by atoms with Crippen LogP contribution in [0.1, 0.15) is 24.0 Å². The molecule has 4 rings (SSSR count). The topological polar surface area (TPSA) is 75.4 Å². The van der Waals surface area contributed by atoms with Crippen molar-refractivity contribution in [2.45, 2.75) is 25.6 Å². The summed E-state index contributed by atoms with van der Waals surface area (Å²) in [6.45, 7) is 1.38. The van der Waals surface area contributed by atoms with Gasteiger partial charge in [-0.25, -0.2) is 0 Å². The Morgan fingerprint density at radius 3 is 2.72 bits per heavy atom. The Balaban J connectivity index is 1.49. The lowest BCUT2D eigenvalue weighted by atomic mass is 9.97. The van der Waals surface area contributed by atoms with Gasteiger partial charge in [0.15, 0.2) is 5.65 Å². The van der Waals surface area contributed by atoms with E-state index in [1.54, 1.807) is 12.4 Å². The minimum Gasteiger partial charge on any atom is -0.352 e. The number of halogens is 3. The quantitative estimate of drug-likeness (QED) is 0.724. The van der Waals surface area contributed by atoms with Crippen molar-refractivity contribution in [2.24, 2.45) is 5.92 Å². The van der Waals surface area contributed by atoms with Crippen molar-refractivity contribution in [1.29, 1.82) is 0 Å². The van der Waals surface area contributed by atoms with Gasteiger partial charge in [0.05, 0.1) is 11.5 Å². The van der Waals surface area contributed by atoms with Gasteiger partial charge in [-0.2, -0.15) is 13.2 Å². The average molecular weight is 404 g/mol. The van der Waals surface area contributed by atoms with Crippen molar-refractivity contribution >= 4 is 17.5 Å². The lowest BCUT2D eigenvalue weighted by molar-refractivity contribution is -0.137. The van der Waals surface area contributed by atoms with Crippen molar-refractivity contribution in [1.82, 2.24) is 24.9 Å². The van der Waals surface area contributed by atoms with Gasteiger partial charge in [0, 0.05) is 38.2 Å². The maximum absolute atomic E-state index is 13.1. The van der Waals surface area contributed by atoms with Crippen molar-refractivity contribution < 1.29 is 18.0 Å². The number of nitrogens with one attached hydrogen (secondary N) is 1. The van der Waals surface area contributed by atoms with Gasteiger partial charge in [0.25, 0.3) is 0 Å². The van der Waals surface area contributed by atoms with E-state index in [-0.39, 0.29) is 11.8 Å². The van der Waals surface area contributed by atoms with Crippen LogP contribution >= 0.6 is 0 Å². The van der Waals surface area contributed by atoms with E-state index in [0.29, 0.717) is 37.7 Å². The highest BCUT2D eigenvalue weighted by Crippen LogP contribution is 2.30. The fraction of sp³-hybridized carbons (Fsp3) is 0.368. The third kappa shape index (κ3) is 4.15. The number of pyridine rings is 2. The van der Waals surface area contributed by atoms with Gasteiger partial charge in [-0.05, 0) is 42.7 Å². The average Bonchev–Trinajstić information content (AvgIpc) is 3.15. The maximum atomic E-state index is 13.1. The van der Waals surface area contributed by atoms with Gasteiger partial charge in [-0.1, -0.05) is 0 Å². The molecule has 0 radical (unpaired) electrons. The van der Waals surface area contributed by atoms with E-state index >= 15 is 0 Å². The molecule has 1 fully saturated rings. The van der Waals surface area contributed by atoms with E-state index in [1.165, 1.54) is 10.5 Å². The molecule has 4 heterocycles. The van der Waals surface area contributed by atoms with Crippen LogP contribution in [-0.2, 0) is 17.5 Å². The molecule has 3 aromatic heterocycles. The number of hydrogen-bond acceptors (Lipinski definition) is 5. The molecule has 152 valence electrons. The Bertz CT molecular complexity index is 1000.